The first kappa shape index (κ1) is 26.7. The fourth-order valence-corrected chi connectivity index (χ4v) is 4.56. The molecule has 40 heavy (non-hydrogen) atoms. The first-order valence-electron chi connectivity index (χ1n) is 12.4. The summed E-state index contributed by atoms with van der Waals surface area (Å²) >= 11 is 0. The number of benzene rings is 2. The van der Waals surface area contributed by atoms with Crippen molar-refractivity contribution in [3.05, 3.63) is 102 Å². The summed E-state index contributed by atoms with van der Waals surface area (Å²) in [5.41, 5.74) is 3.94. The van der Waals surface area contributed by atoms with Gasteiger partial charge in [0.05, 0.1) is 31.7 Å². The van der Waals surface area contributed by atoms with Crippen LogP contribution in [-0.2, 0) is 31.4 Å². The largest absolute Gasteiger partial charge is 0.361 e. The standard InChI is InChI=1S/C27H26F2N8O3/c1-35-9-8-30-25(35)16-36(27(39)17-6-7-22(28)23(29)11-17)14-19-15-37(34-32-19)20(12-26(38)33-40)10-18-13-31-24-5-3-2-4-21(18)24/h2-9,11,13,15,20,31,40H,10,12,14,16H2,1H3,(H,33,38)/t20-/m1/s1. The number of nitrogens with one attached hydrogen (secondary N) is 2. The third-order valence-corrected chi connectivity index (χ3v) is 6.67. The van der Waals surface area contributed by atoms with E-state index in [1.807, 2.05) is 30.5 Å². The van der Waals surface area contributed by atoms with Crippen molar-refractivity contribution in [2.24, 2.45) is 7.05 Å². The molecular weight excluding hydrogens is 522 g/mol. The number of imidazole rings is 1. The van der Waals surface area contributed by atoms with Gasteiger partial charge in [-0.1, -0.05) is 23.4 Å². The molecule has 2 aromatic carbocycles. The monoisotopic (exact) mass is 548 g/mol. The van der Waals surface area contributed by atoms with E-state index in [0.717, 1.165) is 28.6 Å². The van der Waals surface area contributed by atoms with E-state index < -0.39 is 29.5 Å². The fourth-order valence-electron chi connectivity index (χ4n) is 4.56. The summed E-state index contributed by atoms with van der Waals surface area (Å²) in [5, 5.41) is 18.6. The number of nitrogens with zero attached hydrogens (tertiary/aromatic N) is 6. The zero-order valence-corrected chi connectivity index (χ0v) is 21.5. The second-order valence-corrected chi connectivity index (χ2v) is 9.39. The first-order valence-corrected chi connectivity index (χ1v) is 12.4. The maximum atomic E-state index is 13.9. The number of hydrogen-bond donors (Lipinski definition) is 3. The van der Waals surface area contributed by atoms with E-state index in [1.54, 1.807) is 35.7 Å². The Morgan fingerprint density at radius 1 is 1.15 bits per heavy atom. The Morgan fingerprint density at radius 2 is 1.98 bits per heavy atom. The van der Waals surface area contributed by atoms with Crippen LogP contribution in [0.4, 0.5) is 8.78 Å². The number of aryl methyl sites for hydroxylation is 1. The van der Waals surface area contributed by atoms with Gasteiger partial charge in [-0.25, -0.2) is 23.9 Å². The third kappa shape index (κ3) is 5.73. The molecule has 0 aliphatic rings. The van der Waals surface area contributed by atoms with Crippen molar-refractivity contribution in [3.8, 4) is 0 Å². The molecule has 13 heteroatoms. The number of fused-ring (bicyclic) bond motifs is 1. The van der Waals surface area contributed by atoms with Crippen LogP contribution in [0.3, 0.4) is 0 Å². The summed E-state index contributed by atoms with van der Waals surface area (Å²) in [6, 6.07) is 10.2. The normalized spacial score (nSPS) is 12.0. The Balaban J connectivity index is 1.42. The van der Waals surface area contributed by atoms with Gasteiger partial charge in [0.2, 0.25) is 5.91 Å². The topological polar surface area (TPSA) is 134 Å². The van der Waals surface area contributed by atoms with Crippen LogP contribution in [0.25, 0.3) is 10.9 Å². The Labute approximate surface area is 227 Å². The summed E-state index contributed by atoms with van der Waals surface area (Å²) in [6.07, 6.45) is 7.13. The molecule has 0 bridgehead atoms. The molecule has 0 aliphatic carbocycles. The number of halogens is 2. The number of hydroxylamine groups is 1. The number of amides is 2. The molecule has 0 spiro atoms. The third-order valence-electron chi connectivity index (χ3n) is 6.67. The summed E-state index contributed by atoms with van der Waals surface area (Å²) < 4.78 is 30.7. The highest BCUT2D eigenvalue weighted by Gasteiger charge is 2.24. The van der Waals surface area contributed by atoms with Gasteiger partial charge < -0.3 is 14.5 Å². The van der Waals surface area contributed by atoms with Crippen LogP contribution in [0.5, 0.6) is 0 Å². The van der Waals surface area contributed by atoms with Gasteiger partial charge in [0.1, 0.15) is 11.5 Å². The Bertz CT molecular complexity index is 1660. The van der Waals surface area contributed by atoms with Crippen molar-refractivity contribution >= 4 is 22.7 Å². The maximum absolute atomic E-state index is 13.9. The van der Waals surface area contributed by atoms with Crippen molar-refractivity contribution in [2.45, 2.75) is 32.0 Å². The molecule has 0 aliphatic heterocycles. The highest BCUT2D eigenvalue weighted by atomic mass is 19.2. The molecule has 0 fully saturated rings. The minimum atomic E-state index is -1.13. The summed E-state index contributed by atoms with van der Waals surface area (Å²) in [6.45, 7) is 0.0521. The first-order chi connectivity index (χ1) is 19.3. The molecule has 0 saturated heterocycles. The van der Waals surface area contributed by atoms with Gasteiger partial charge in [0, 0.05) is 42.1 Å². The van der Waals surface area contributed by atoms with E-state index in [2.05, 4.69) is 20.3 Å². The van der Waals surface area contributed by atoms with Crippen molar-refractivity contribution in [1.29, 1.82) is 0 Å². The van der Waals surface area contributed by atoms with E-state index in [0.29, 0.717) is 17.9 Å². The molecule has 0 unspecified atom stereocenters. The number of aromatic amines is 1. The van der Waals surface area contributed by atoms with Gasteiger partial charge in [0.15, 0.2) is 11.6 Å². The molecule has 2 amide bonds. The van der Waals surface area contributed by atoms with Gasteiger partial charge in [-0.3, -0.25) is 14.8 Å². The van der Waals surface area contributed by atoms with Crippen LogP contribution < -0.4 is 5.48 Å². The number of carbonyl (C=O) groups is 2. The van der Waals surface area contributed by atoms with Gasteiger partial charge in [-0.2, -0.15) is 0 Å². The van der Waals surface area contributed by atoms with Crippen LogP contribution in [-0.4, -0.2) is 51.5 Å². The van der Waals surface area contributed by atoms with Crippen LogP contribution in [0.15, 0.2) is 67.3 Å². The molecule has 206 valence electrons. The summed E-state index contributed by atoms with van der Waals surface area (Å²) in [5.74, 6) is -2.75. The second kappa shape index (κ2) is 11.5. The molecule has 3 aromatic heterocycles. The van der Waals surface area contributed by atoms with Crippen LogP contribution in [0.2, 0.25) is 0 Å². The van der Waals surface area contributed by atoms with E-state index in [1.165, 1.54) is 15.6 Å². The van der Waals surface area contributed by atoms with Crippen molar-refractivity contribution in [1.82, 2.24) is 39.9 Å². The minimum absolute atomic E-state index is 0.0172. The predicted octanol–water partition coefficient (Wildman–Crippen LogP) is 3.29. The number of H-pyrrole nitrogens is 1. The second-order valence-electron chi connectivity index (χ2n) is 9.39. The van der Waals surface area contributed by atoms with Crippen molar-refractivity contribution in [3.63, 3.8) is 0 Å². The van der Waals surface area contributed by atoms with E-state index in [-0.39, 0.29) is 25.1 Å². The fraction of sp³-hybridized carbons (Fsp3) is 0.222. The van der Waals surface area contributed by atoms with E-state index >= 15 is 0 Å². The van der Waals surface area contributed by atoms with Gasteiger partial charge in [-0.15, -0.1) is 5.10 Å². The number of aromatic nitrogens is 6. The quantitative estimate of drug-likeness (QED) is 0.181. The van der Waals surface area contributed by atoms with Gasteiger partial charge in [-0.05, 0) is 36.2 Å². The summed E-state index contributed by atoms with van der Waals surface area (Å²) in [7, 11) is 1.78. The Kier molecular flexibility index (Phi) is 7.64. The predicted molar refractivity (Wildman–Crippen MR) is 139 cm³/mol. The summed E-state index contributed by atoms with van der Waals surface area (Å²) in [4.78, 5) is 34.4. The van der Waals surface area contributed by atoms with Gasteiger partial charge >= 0.3 is 0 Å². The van der Waals surface area contributed by atoms with Crippen LogP contribution in [0.1, 0.15) is 39.9 Å². The Morgan fingerprint density at radius 3 is 2.73 bits per heavy atom. The molecule has 3 N–H and O–H groups in total. The number of hydrogen-bond acceptors (Lipinski definition) is 6. The number of para-hydroxylation sites is 1. The average molecular weight is 549 g/mol. The highest BCUT2D eigenvalue weighted by Crippen LogP contribution is 2.25. The molecule has 3 heterocycles. The van der Waals surface area contributed by atoms with E-state index in [4.69, 9.17) is 5.21 Å². The SMILES string of the molecule is Cn1ccnc1CN(Cc1cn([C@@H](CC(=O)NO)Cc2c[nH]c3ccccc23)nn1)C(=O)c1ccc(F)c(F)c1. The lowest BCUT2D eigenvalue weighted by Gasteiger charge is -2.21. The van der Waals surface area contributed by atoms with Crippen molar-refractivity contribution in [2.75, 3.05) is 0 Å². The molecule has 1 atom stereocenters. The molecule has 5 rings (SSSR count). The van der Waals surface area contributed by atoms with Crippen LogP contribution in [0, 0.1) is 11.6 Å². The molecule has 0 saturated carbocycles. The Hall–Kier alpha value is -4.91. The van der Waals surface area contributed by atoms with Gasteiger partial charge in [0.25, 0.3) is 5.91 Å². The van der Waals surface area contributed by atoms with E-state index in [9.17, 15) is 18.4 Å². The molecule has 0 radical (unpaired) electrons. The minimum Gasteiger partial charge on any atom is -0.361 e. The van der Waals surface area contributed by atoms with Crippen LogP contribution >= 0.6 is 0 Å². The number of rotatable bonds is 10. The zero-order chi connectivity index (χ0) is 28.2. The smallest absolute Gasteiger partial charge is 0.254 e. The lowest BCUT2D eigenvalue weighted by molar-refractivity contribution is -0.130. The lowest BCUT2D eigenvalue weighted by Crippen LogP contribution is -2.31. The highest BCUT2D eigenvalue weighted by molar-refractivity contribution is 5.94. The number of carbonyl (C=O) groups excluding carboxylic acids is 2. The molecule has 5 aromatic rings. The average Bonchev–Trinajstić information content (AvgIpc) is 3.70. The maximum Gasteiger partial charge on any atom is 0.254 e. The molecule has 11 nitrogen and oxygen atoms in total. The molecular formula is C27H26F2N8O3. The van der Waals surface area contributed by atoms with Crippen molar-refractivity contribution < 1.29 is 23.6 Å². The zero-order valence-electron chi connectivity index (χ0n) is 21.5. The lowest BCUT2D eigenvalue weighted by atomic mass is 10.0.